The molecular weight excluding hydrogens is 336 g/mol. The number of nitrogens with two attached hydrogens (primary N) is 1. The van der Waals surface area contributed by atoms with Crippen LogP contribution in [0.25, 0.3) is 11.4 Å². The van der Waals surface area contributed by atoms with Gasteiger partial charge < -0.3 is 11.1 Å². The van der Waals surface area contributed by atoms with Crippen molar-refractivity contribution >= 4 is 17.5 Å². The predicted octanol–water partition coefficient (Wildman–Crippen LogP) is 0.753. The van der Waals surface area contributed by atoms with Crippen LogP contribution in [0.2, 0.25) is 0 Å². The Morgan fingerprint density at radius 1 is 1.31 bits per heavy atom. The minimum Gasteiger partial charge on any atom is -0.364 e. The van der Waals surface area contributed by atoms with Crippen molar-refractivity contribution in [2.24, 2.45) is 12.8 Å². The van der Waals surface area contributed by atoms with Crippen LogP contribution in [0.3, 0.4) is 0 Å². The summed E-state index contributed by atoms with van der Waals surface area (Å²) in [6.45, 7) is 4.22. The Hall–Kier alpha value is -3.56. The molecule has 0 fully saturated rings. The summed E-state index contributed by atoms with van der Waals surface area (Å²) in [5, 5.41) is 18.4. The van der Waals surface area contributed by atoms with E-state index in [1.165, 1.54) is 4.68 Å². The molecular formula is C16H18N8O2. The number of tetrazole rings is 1. The van der Waals surface area contributed by atoms with Crippen LogP contribution < -0.4 is 11.1 Å². The monoisotopic (exact) mass is 354 g/mol. The van der Waals surface area contributed by atoms with Crippen LogP contribution in [-0.4, -0.2) is 41.8 Å². The third-order valence-corrected chi connectivity index (χ3v) is 3.91. The van der Waals surface area contributed by atoms with Gasteiger partial charge in [-0.2, -0.15) is 5.10 Å². The van der Waals surface area contributed by atoms with E-state index < -0.39 is 5.91 Å². The van der Waals surface area contributed by atoms with E-state index >= 15 is 0 Å². The number of hydrogen-bond donors (Lipinski definition) is 2. The molecule has 0 spiro atoms. The Bertz CT molecular complexity index is 988. The molecule has 1 aromatic carbocycles. The molecule has 134 valence electrons. The Labute approximate surface area is 149 Å². The van der Waals surface area contributed by atoms with Crippen LogP contribution in [0.15, 0.2) is 24.3 Å². The third-order valence-electron chi connectivity index (χ3n) is 3.91. The zero-order valence-corrected chi connectivity index (χ0v) is 14.6. The number of aryl methyl sites for hydroxylation is 3. The van der Waals surface area contributed by atoms with Crippen LogP contribution in [0.5, 0.6) is 0 Å². The van der Waals surface area contributed by atoms with Crippen LogP contribution >= 0.6 is 0 Å². The first-order chi connectivity index (χ1) is 12.4. The standard InChI is InChI=1S/C16H18N8O2/c1-4-24-15(19-21-22-24)10-6-5-7-11(8-10)16(26)18-12-9(2)20-23(3)13(12)14(17)25/h5-8H,4H2,1-3H3,(H2,17,25)(H,18,26). The van der Waals surface area contributed by atoms with Gasteiger partial charge in [0.2, 0.25) is 0 Å². The molecule has 2 amide bonds. The number of nitrogens with zero attached hydrogens (tertiary/aromatic N) is 6. The van der Waals surface area contributed by atoms with Gasteiger partial charge in [0.25, 0.3) is 11.8 Å². The lowest BCUT2D eigenvalue weighted by Gasteiger charge is -2.08. The van der Waals surface area contributed by atoms with Gasteiger partial charge in [-0.1, -0.05) is 12.1 Å². The second-order valence-corrected chi connectivity index (χ2v) is 5.65. The first-order valence-corrected chi connectivity index (χ1v) is 7.93. The maximum Gasteiger partial charge on any atom is 0.269 e. The SMILES string of the molecule is CCn1nnnc1-c1cccc(C(=O)Nc2c(C)nn(C)c2C(N)=O)c1. The summed E-state index contributed by atoms with van der Waals surface area (Å²) in [6.07, 6.45) is 0. The lowest BCUT2D eigenvalue weighted by atomic mass is 10.1. The third kappa shape index (κ3) is 3.04. The van der Waals surface area contributed by atoms with Gasteiger partial charge in [0.15, 0.2) is 5.82 Å². The molecule has 0 radical (unpaired) electrons. The topological polar surface area (TPSA) is 134 Å². The molecule has 0 atom stereocenters. The van der Waals surface area contributed by atoms with E-state index in [1.54, 1.807) is 36.9 Å². The number of benzene rings is 1. The second kappa shape index (κ2) is 6.75. The fourth-order valence-corrected chi connectivity index (χ4v) is 2.70. The number of carbonyl (C=O) groups is 2. The van der Waals surface area contributed by atoms with Gasteiger partial charge >= 0.3 is 0 Å². The Morgan fingerprint density at radius 3 is 2.77 bits per heavy atom. The molecule has 0 saturated carbocycles. The van der Waals surface area contributed by atoms with Crippen molar-refractivity contribution < 1.29 is 9.59 Å². The lowest BCUT2D eigenvalue weighted by molar-refractivity contribution is 0.0992. The van der Waals surface area contributed by atoms with Gasteiger partial charge in [0.1, 0.15) is 5.69 Å². The first-order valence-electron chi connectivity index (χ1n) is 7.93. The van der Waals surface area contributed by atoms with Crippen LogP contribution in [0.1, 0.15) is 33.5 Å². The number of hydrogen-bond acceptors (Lipinski definition) is 6. The van der Waals surface area contributed by atoms with Crippen molar-refractivity contribution in [2.75, 3.05) is 5.32 Å². The van der Waals surface area contributed by atoms with E-state index in [0.717, 1.165) is 0 Å². The number of nitrogens with one attached hydrogen (secondary N) is 1. The minimum absolute atomic E-state index is 0.141. The number of aromatic nitrogens is 6. The number of amides is 2. The molecule has 3 N–H and O–H groups in total. The fraction of sp³-hybridized carbons (Fsp3) is 0.250. The highest BCUT2D eigenvalue weighted by Gasteiger charge is 2.20. The van der Waals surface area contributed by atoms with Crippen molar-refractivity contribution in [1.82, 2.24) is 30.0 Å². The van der Waals surface area contributed by atoms with Crippen LogP contribution in [0.4, 0.5) is 5.69 Å². The molecule has 0 saturated heterocycles. The van der Waals surface area contributed by atoms with Crippen LogP contribution in [-0.2, 0) is 13.6 Å². The zero-order chi connectivity index (χ0) is 18.8. The highest BCUT2D eigenvalue weighted by atomic mass is 16.2. The molecule has 3 aromatic rings. The lowest BCUT2D eigenvalue weighted by Crippen LogP contribution is -2.20. The maximum atomic E-state index is 12.7. The molecule has 0 aliphatic rings. The summed E-state index contributed by atoms with van der Waals surface area (Å²) >= 11 is 0. The summed E-state index contributed by atoms with van der Waals surface area (Å²) in [6, 6.07) is 6.90. The summed E-state index contributed by atoms with van der Waals surface area (Å²) in [5.41, 5.74) is 7.43. The maximum absolute atomic E-state index is 12.7. The normalized spacial score (nSPS) is 10.7. The summed E-state index contributed by atoms with van der Waals surface area (Å²) in [5.74, 6) is -0.488. The van der Waals surface area contributed by atoms with E-state index in [2.05, 4.69) is 25.9 Å². The van der Waals surface area contributed by atoms with E-state index in [1.807, 2.05) is 13.0 Å². The Balaban J connectivity index is 1.93. The fourth-order valence-electron chi connectivity index (χ4n) is 2.70. The predicted molar refractivity (Wildman–Crippen MR) is 93.3 cm³/mol. The van der Waals surface area contributed by atoms with E-state index in [0.29, 0.717) is 34.9 Å². The quantitative estimate of drug-likeness (QED) is 0.694. The van der Waals surface area contributed by atoms with Gasteiger partial charge in [-0.05, 0) is 36.4 Å². The molecule has 10 heteroatoms. The molecule has 3 rings (SSSR count). The summed E-state index contributed by atoms with van der Waals surface area (Å²) < 4.78 is 2.98. The number of rotatable bonds is 5. The number of carbonyl (C=O) groups excluding carboxylic acids is 2. The van der Waals surface area contributed by atoms with Crippen LogP contribution in [0, 0.1) is 6.92 Å². The zero-order valence-electron chi connectivity index (χ0n) is 14.6. The van der Waals surface area contributed by atoms with Crippen molar-refractivity contribution in [2.45, 2.75) is 20.4 Å². The van der Waals surface area contributed by atoms with Gasteiger partial charge in [-0.25, -0.2) is 4.68 Å². The molecule has 0 bridgehead atoms. The van der Waals surface area contributed by atoms with Gasteiger partial charge in [0.05, 0.1) is 11.4 Å². The number of primary amides is 1. The number of anilines is 1. The van der Waals surface area contributed by atoms with Crippen molar-refractivity contribution in [3.8, 4) is 11.4 Å². The Morgan fingerprint density at radius 2 is 2.08 bits per heavy atom. The molecule has 2 aromatic heterocycles. The molecule has 0 aliphatic carbocycles. The smallest absolute Gasteiger partial charge is 0.269 e. The summed E-state index contributed by atoms with van der Waals surface area (Å²) in [7, 11) is 1.59. The van der Waals surface area contributed by atoms with Gasteiger partial charge in [0, 0.05) is 24.7 Å². The minimum atomic E-state index is -0.667. The molecule has 0 aliphatic heterocycles. The average Bonchev–Trinajstić information content (AvgIpc) is 3.19. The first kappa shape index (κ1) is 17.3. The summed E-state index contributed by atoms with van der Waals surface area (Å²) in [4.78, 5) is 24.3. The molecule has 10 nitrogen and oxygen atoms in total. The highest BCUT2D eigenvalue weighted by Crippen LogP contribution is 2.22. The second-order valence-electron chi connectivity index (χ2n) is 5.65. The van der Waals surface area contributed by atoms with Crippen molar-refractivity contribution in [3.63, 3.8) is 0 Å². The molecule has 26 heavy (non-hydrogen) atoms. The van der Waals surface area contributed by atoms with E-state index in [4.69, 9.17) is 5.73 Å². The largest absolute Gasteiger partial charge is 0.364 e. The van der Waals surface area contributed by atoms with Gasteiger partial charge in [-0.15, -0.1) is 5.10 Å². The highest BCUT2D eigenvalue weighted by molar-refractivity contribution is 6.09. The van der Waals surface area contributed by atoms with Crippen molar-refractivity contribution in [3.05, 3.63) is 41.2 Å². The Kier molecular flexibility index (Phi) is 4.48. The van der Waals surface area contributed by atoms with E-state index in [9.17, 15) is 9.59 Å². The molecule has 0 unspecified atom stereocenters. The average molecular weight is 354 g/mol. The van der Waals surface area contributed by atoms with Gasteiger partial charge in [-0.3, -0.25) is 14.3 Å². The van der Waals surface area contributed by atoms with E-state index in [-0.39, 0.29) is 11.6 Å². The molecule has 2 heterocycles. The van der Waals surface area contributed by atoms with Crippen molar-refractivity contribution in [1.29, 1.82) is 0 Å².